The minimum absolute atomic E-state index is 0.159. The Bertz CT molecular complexity index is 1720. The van der Waals surface area contributed by atoms with Gasteiger partial charge in [-0.05, 0) is 54.9 Å². The molecule has 0 fully saturated rings. The largest absolute Gasteiger partial charge is 0.532 e. The van der Waals surface area contributed by atoms with Crippen molar-refractivity contribution < 1.29 is 18.8 Å². The summed E-state index contributed by atoms with van der Waals surface area (Å²) in [6, 6.07) is 46.8. The van der Waals surface area contributed by atoms with Crippen molar-refractivity contribution in [3.63, 3.8) is 0 Å². The number of hydrogen-bond acceptors (Lipinski definition) is 4. The molecule has 0 aliphatic heterocycles. The van der Waals surface area contributed by atoms with Gasteiger partial charge in [-0.3, -0.25) is 4.79 Å². The topological polar surface area (TPSA) is 81.8 Å². The molecule has 5 aromatic carbocycles. The molecule has 7 heteroatoms. The van der Waals surface area contributed by atoms with Crippen LogP contribution in [0.25, 0.3) is 0 Å². The van der Waals surface area contributed by atoms with Crippen LogP contribution in [0.5, 0.6) is 11.5 Å². The Morgan fingerprint density at radius 3 is 1.23 bits per heavy atom. The molecular weight excluding hydrogens is 627 g/mol. The molecule has 0 unspecified atom stereocenters. The first-order chi connectivity index (χ1) is 22.8. The number of carboxylic acids is 1. The van der Waals surface area contributed by atoms with Gasteiger partial charge in [0.1, 0.15) is 17.5 Å². The first-order valence-electron chi connectivity index (χ1n) is 16.5. The highest BCUT2D eigenvalue weighted by Crippen LogP contribution is 2.44. The van der Waals surface area contributed by atoms with E-state index >= 15 is 0 Å². The van der Waals surface area contributed by atoms with Gasteiger partial charge in [0.25, 0.3) is 0 Å². The van der Waals surface area contributed by atoms with E-state index in [0.717, 1.165) is 26.3 Å². The normalized spacial score (nSPS) is 13.1. The first-order valence-corrected chi connectivity index (χ1v) is 20.3. The van der Waals surface area contributed by atoms with E-state index in [9.17, 15) is 9.90 Å². The van der Waals surface area contributed by atoms with Gasteiger partial charge in [-0.1, -0.05) is 169 Å². The maximum Gasteiger partial charge on any atom is 0.320 e. The summed E-state index contributed by atoms with van der Waals surface area (Å²) in [5.41, 5.74) is 6.84. The van der Waals surface area contributed by atoms with Gasteiger partial charge in [0.05, 0.1) is 0 Å². The Kier molecular flexibility index (Phi) is 10.1. The fraction of sp³-hybridized carbons (Fsp3) is 0.244. The number of nitrogens with two attached hydrogens (primary N) is 1. The lowest BCUT2D eigenvalue weighted by atomic mass is 10.1. The minimum atomic E-state index is -3.10. The van der Waals surface area contributed by atoms with Gasteiger partial charge in [0, 0.05) is 0 Å². The highest BCUT2D eigenvalue weighted by molar-refractivity contribution is 7.01. The maximum absolute atomic E-state index is 11.8. The second kappa shape index (κ2) is 14.0. The van der Waals surface area contributed by atoms with Crippen molar-refractivity contribution in [1.82, 2.24) is 0 Å². The molecule has 0 spiro atoms. The SMILES string of the molecule is CC(C)(C)[Si](Oc1ccc(C[C@H](N)C(=O)O)cc1O[Si](c1ccccc1)(c1ccccc1)C(C)(C)C)(c1ccccc1)c1ccccc1. The van der Waals surface area contributed by atoms with E-state index in [4.69, 9.17) is 14.6 Å². The maximum atomic E-state index is 11.8. The monoisotopic (exact) mass is 673 g/mol. The fourth-order valence-electron chi connectivity index (χ4n) is 6.81. The van der Waals surface area contributed by atoms with E-state index in [0.29, 0.717) is 11.5 Å². The van der Waals surface area contributed by atoms with Crippen LogP contribution < -0.4 is 35.3 Å². The molecule has 0 aliphatic carbocycles. The molecule has 0 heterocycles. The van der Waals surface area contributed by atoms with Gasteiger partial charge in [0.2, 0.25) is 0 Å². The van der Waals surface area contributed by atoms with Crippen molar-refractivity contribution in [1.29, 1.82) is 0 Å². The average molecular weight is 674 g/mol. The van der Waals surface area contributed by atoms with Crippen LogP contribution in [0.2, 0.25) is 10.1 Å². The summed E-state index contributed by atoms with van der Waals surface area (Å²) in [6.07, 6.45) is 0.159. The van der Waals surface area contributed by atoms with Crippen LogP contribution >= 0.6 is 0 Å². The molecule has 0 saturated carbocycles. The lowest BCUT2D eigenvalue weighted by molar-refractivity contribution is -0.138. The molecule has 0 aliphatic rings. The molecule has 1 atom stereocenters. The number of hydrogen-bond donors (Lipinski definition) is 2. The van der Waals surface area contributed by atoms with Crippen molar-refractivity contribution in [2.75, 3.05) is 0 Å². The highest BCUT2D eigenvalue weighted by Gasteiger charge is 2.54. The lowest BCUT2D eigenvalue weighted by Crippen LogP contribution is -2.69. The molecule has 5 aromatic rings. The predicted molar refractivity (Wildman–Crippen MR) is 202 cm³/mol. The number of aliphatic carboxylic acids is 1. The number of carboxylic acid groups (broad SMARTS) is 1. The summed E-state index contributed by atoms with van der Waals surface area (Å²) in [4.78, 5) is 11.8. The van der Waals surface area contributed by atoms with Gasteiger partial charge >= 0.3 is 22.6 Å². The second-order valence-electron chi connectivity index (χ2n) is 14.5. The van der Waals surface area contributed by atoms with E-state index in [1.54, 1.807) is 0 Å². The molecule has 5 rings (SSSR count). The molecule has 3 N–H and O–H groups in total. The summed E-state index contributed by atoms with van der Waals surface area (Å²) in [7, 11) is -6.15. The molecule has 48 heavy (non-hydrogen) atoms. The van der Waals surface area contributed by atoms with Crippen LogP contribution in [0.1, 0.15) is 47.1 Å². The molecule has 0 radical (unpaired) electrons. The van der Waals surface area contributed by atoms with Crippen LogP contribution in [-0.2, 0) is 11.2 Å². The zero-order chi connectivity index (χ0) is 34.6. The van der Waals surface area contributed by atoms with Crippen LogP contribution in [0.3, 0.4) is 0 Å². The third kappa shape index (κ3) is 6.76. The van der Waals surface area contributed by atoms with Crippen molar-refractivity contribution in [3.05, 3.63) is 145 Å². The molecule has 0 saturated heterocycles. The predicted octanol–water partition coefficient (Wildman–Crippen LogP) is 6.52. The van der Waals surface area contributed by atoms with E-state index < -0.39 is 28.6 Å². The Balaban J connectivity index is 1.81. The van der Waals surface area contributed by atoms with Crippen molar-refractivity contribution >= 4 is 43.4 Å². The number of carbonyl (C=O) groups is 1. The third-order valence-corrected chi connectivity index (χ3v) is 19.0. The second-order valence-corrected chi connectivity index (χ2v) is 22.9. The van der Waals surface area contributed by atoms with Gasteiger partial charge in [-0.25, -0.2) is 0 Å². The van der Waals surface area contributed by atoms with Crippen LogP contribution in [-0.4, -0.2) is 33.8 Å². The van der Waals surface area contributed by atoms with Gasteiger partial charge in [-0.2, -0.15) is 0 Å². The van der Waals surface area contributed by atoms with E-state index in [2.05, 4.69) is 139 Å². The zero-order valence-corrected chi connectivity index (χ0v) is 30.8. The molecule has 5 nitrogen and oxygen atoms in total. The summed E-state index contributed by atoms with van der Waals surface area (Å²) >= 11 is 0. The van der Waals surface area contributed by atoms with Crippen LogP contribution in [0.4, 0.5) is 0 Å². The summed E-state index contributed by atoms with van der Waals surface area (Å²) < 4.78 is 15.2. The smallest absolute Gasteiger partial charge is 0.320 e. The van der Waals surface area contributed by atoms with Crippen molar-refractivity contribution in [2.24, 2.45) is 5.73 Å². The zero-order valence-electron chi connectivity index (χ0n) is 28.8. The Morgan fingerprint density at radius 1 is 0.583 bits per heavy atom. The Labute approximate surface area is 287 Å². The first kappa shape index (κ1) is 34.9. The molecule has 248 valence electrons. The summed E-state index contributed by atoms with van der Waals surface area (Å²) in [5, 5.41) is 13.7. The Morgan fingerprint density at radius 2 is 0.917 bits per heavy atom. The quantitative estimate of drug-likeness (QED) is 0.156. The van der Waals surface area contributed by atoms with Crippen LogP contribution in [0, 0.1) is 0 Å². The van der Waals surface area contributed by atoms with Crippen molar-refractivity contribution in [2.45, 2.75) is 64.1 Å². The van der Waals surface area contributed by atoms with E-state index in [1.807, 2.05) is 42.5 Å². The van der Waals surface area contributed by atoms with Crippen molar-refractivity contribution in [3.8, 4) is 11.5 Å². The average Bonchev–Trinajstić information content (AvgIpc) is 3.07. The summed E-state index contributed by atoms with van der Waals surface area (Å²) in [5.74, 6) is 0.175. The van der Waals surface area contributed by atoms with Gasteiger partial charge in [-0.15, -0.1) is 0 Å². The van der Waals surface area contributed by atoms with E-state index in [-0.39, 0.29) is 16.5 Å². The summed E-state index contributed by atoms with van der Waals surface area (Å²) in [6.45, 7) is 13.5. The van der Waals surface area contributed by atoms with E-state index in [1.165, 1.54) is 0 Å². The van der Waals surface area contributed by atoms with Crippen LogP contribution in [0.15, 0.2) is 140 Å². The Hall–Kier alpha value is -4.44. The number of benzene rings is 5. The molecule has 0 amide bonds. The lowest BCUT2D eigenvalue weighted by Gasteiger charge is -2.45. The molecule has 0 aromatic heterocycles. The third-order valence-electron chi connectivity index (χ3n) is 9.14. The van der Waals surface area contributed by atoms with Gasteiger partial charge < -0.3 is 19.7 Å². The van der Waals surface area contributed by atoms with Gasteiger partial charge in [0.15, 0.2) is 0 Å². The highest BCUT2D eigenvalue weighted by atomic mass is 28.4. The molecule has 0 bridgehead atoms. The minimum Gasteiger partial charge on any atom is -0.532 e. The number of rotatable bonds is 11. The molecular formula is C41H47NO4Si2. The standard InChI is InChI=1S/C41H47NO4Si2/c1-40(2,3)47(32-19-11-7-12-20-32,33-21-13-8-14-22-33)45-37-28-27-31(29-36(42)39(43)44)30-38(37)46-48(41(4,5)6,34-23-15-9-16-24-34)35-25-17-10-18-26-35/h7-28,30,36H,29,42H2,1-6H3,(H,43,44)/t36-/m0/s1. The fourth-order valence-corrected chi connectivity index (χ4v) is 15.7.